The van der Waals surface area contributed by atoms with Gasteiger partial charge in [0.1, 0.15) is 0 Å². The third kappa shape index (κ3) is 4.39. The molecule has 68 valence electrons. The zero-order chi connectivity index (χ0) is 9.90. The molecule has 0 radical (unpaired) electrons. The average Bonchev–Trinajstić information content (AvgIpc) is 2.02. The van der Waals surface area contributed by atoms with Crippen molar-refractivity contribution in [3.8, 4) is 11.8 Å². The van der Waals surface area contributed by atoms with Gasteiger partial charge in [0, 0.05) is 26.0 Å². The topological polar surface area (TPSA) is 0 Å². The maximum absolute atomic E-state index is 12.2. The van der Waals surface area contributed by atoms with Gasteiger partial charge in [0.25, 0.3) is 0 Å². The Bertz CT molecular complexity index is 341. The molecule has 1 rings (SSSR count). The zero-order valence-corrected chi connectivity index (χ0v) is 9.49. The van der Waals surface area contributed by atoms with E-state index in [-0.39, 0.29) is 0 Å². The van der Waals surface area contributed by atoms with Gasteiger partial charge in [0.05, 0.1) is 0 Å². The van der Waals surface area contributed by atoms with Crippen molar-refractivity contribution in [2.45, 2.75) is 4.83 Å². The van der Waals surface area contributed by atoms with E-state index < -0.39 is 4.83 Å². The summed E-state index contributed by atoms with van der Waals surface area (Å²) in [5.41, 5.74) is 0.558. The van der Waals surface area contributed by atoms with E-state index in [0.717, 1.165) is 4.47 Å². The molecule has 13 heavy (non-hydrogen) atoms. The molecule has 0 amide bonds. The molecule has 0 aliphatic heterocycles. The van der Waals surface area contributed by atoms with Gasteiger partial charge in [-0.15, -0.1) is 0 Å². The Kier molecular flexibility index (Phi) is 3.46. The van der Waals surface area contributed by atoms with Crippen LogP contribution in [0.2, 0.25) is 0 Å². The van der Waals surface area contributed by atoms with E-state index in [1.165, 1.54) is 0 Å². The highest BCUT2D eigenvalue weighted by molar-refractivity contribution is 9.10. The van der Waals surface area contributed by atoms with Crippen molar-refractivity contribution in [1.82, 2.24) is 0 Å². The number of hydrogen-bond donors (Lipinski definition) is 0. The van der Waals surface area contributed by atoms with Gasteiger partial charge in [-0.3, -0.25) is 0 Å². The Morgan fingerprint density at radius 2 is 1.69 bits per heavy atom. The Labute approximate surface area is 91.6 Å². The van der Waals surface area contributed by atoms with Gasteiger partial charge in [-0.2, -0.15) is 8.78 Å². The van der Waals surface area contributed by atoms with Crippen LogP contribution in [0.15, 0.2) is 28.7 Å². The van der Waals surface area contributed by atoms with E-state index in [4.69, 9.17) is 0 Å². The molecule has 0 N–H and O–H groups in total. The zero-order valence-electron chi connectivity index (χ0n) is 6.32. The number of rotatable bonds is 0. The van der Waals surface area contributed by atoms with E-state index in [1.807, 2.05) is 0 Å². The highest BCUT2D eigenvalue weighted by Gasteiger charge is 2.18. The van der Waals surface area contributed by atoms with Gasteiger partial charge >= 0.3 is 4.83 Å². The van der Waals surface area contributed by atoms with Crippen LogP contribution in [0.25, 0.3) is 0 Å². The number of benzene rings is 1. The Hall–Kier alpha value is -0.400. The summed E-state index contributed by atoms with van der Waals surface area (Å²) in [6.45, 7) is 0. The van der Waals surface area contributed by atoms with Crippen LogP contribution >= 0.6 is 31.9 Å². The summed E-state index contributed by atoms with van der Waals surface area (Å²) in [5, 5.41) is 0. The Morgan fingerprint density at radius 3 is 2.15 bits per heavy atom. The van der Waals surface area contributed by atoms with Gasteiger partial charge in [0.2, 0.25) is 0 Å². The van der Waals surface area contributed by atoms with Gasteiger partial charge in [0.15, 0.2) is 0 Å². The molecule has 4 heteroatoms. The third-order valence-electron chi connectivity index (χ3n) is 1.19. The second-order valence-corrected chi connectivity index (χ2v) is 4.17. The van der Waals surface area contributed by atoms with Crippen LogP contribution in [-0.2, 0) is 0 Å². The second kappa shape index (κ2) is 4.21. The summed E-state index contributed by atoms with van der Waals surface area (Å²) in [6.07, 6.45) is 0. The minimum absolute atomic E-state index is 0.558. The van der Waals surface area contributed by atoms with E-state index in [2.05, 4.69) is 37.8 Å². The minimum Gasteiger partial charge on any atom is -0.180 e. The van der Waals surface area contributed by atoms with Crippen molar-refractivity contribution in [3.05, 3.63) is 34.3 Å². The number of hydrogen-bond acceptors (Lipinski definition) is 0. The molecule has 0 fully saturated rings. The first-order valence-corrected chi connectivity index (χ1v) is 4.91. The standard InChI is InChI=1S/C9H4Br2F2/c10-8-3-1-7(2-4-8)5-6-9(11,12)13/h1-4H. The van der Waals surface area contributed by atoms with Crippen LogP contribution in [0.4, 0.5) is 8.78 Å². The minimum atomic E-state index is -3.11. The summed E-state index contributed by atoms with van der Waals surface area (Å²) in [7, 11) is 0. The van der Waals surface area contributed by atoms with E-state index >= 15 is 0 Å². The van der Waals surface area contributed by atoms with Crippen LogP contribution in [0, 0.1) is 11.8 Å². The molecule has 0 saturated carbocycles. The summed E-state index contributed by atoms with van der Waals surface area (Å²) < 4.78 is 25.3. The average molecular weight is 310 g/mol. The van der Waals surface area contributed by atoms with Crippen molar-refractivity contribution >= 4 is 31.9 Å². The molecule has 0 aromatic heterocycles. The van der Waals surface area contributed by atoms with Crippen LogP contribution in [0.5, 0.6) is 0 Å². The quantitative estimate of drug-likeness (QED) is 0.505. The summed E-state index contributed by atoms with van der Waals surface area (Å²) in [4.78, 5) is -3.11. The monoisotopic (exact) mass is 308 g/mol. The summed E-state index contributed by atoms with van der Waals surface area (Å²) in [5.74, 6) is 4.12. The summed E-state index contributed by atoms with van der Waals surface area (Å²) >= 11 is 5.36. The van der Waals surface area contributed by atoms with Crippen molar-refractivity contribution < 1.29 is 8.78 Å². The van der Waals surface area contributed by atoms with E-state index in [1.54, 1.807) is 30.2 Å². The molecule has 0 bridgehead atoms. The smallest absolute Gasteiger partial charge is 0.180 e. The van der Waals surface area contributed by atoms with Crippen LogP contribution < -0.4 is 0 Å². The van der Waals surface area contributed by atoms with Crippen molar-refractivity contribution in [3.63, 3.8) is 0 Å². The second-order valence-electron chi connectivity index (χ2n) is 2.25. The van der Waals surface area contributed by atoms with E-state index in [9.17, 15) is 8.78 Å². The predicted molar refractivity (Wildman–Crippen MR) is 54.9 cm³/mol. The fourth-order valence-electron chi connectivity index (χ4n) is 0.676. The third-order valence-corrected chi connectivity index (χ3v) is 1.92. The lowest BCUT2D eigenvalue weighted by Gasteiger charge is -1.95. The first-order valence-electron chi connectivity index (χ1n) is 3.33. The molecule has 0 spiro atoms. The van der Waals surface area contributed by atoms with Gasteiger partial charge < -0.3 is 0 Å². The first-order chi connectivity index (χ1) is 5.97. The highest BCUT2D eigenvalue weighted by Crippen LogP contribution is 2.20. The fraction of sp³-hybridized carbons (Fsp3) is 0.111. The molecule has 0 unspecified atom stereocenters. The van der Waals surface area contributed by atoms with Gasteiger partial charge in [-0.05, 0) is 30.2 Å². The van der Waals surface area contributed by atoms with Crippen LogP contribution in [0.3, 0.4) is 0 Å². The van der Waals surface area contributed by atoms with Gasteiger partial charge in [-0.25, -0.2) is 0 Å². The molecule has 0 nitrogen and oxygen atoms in total. The lowest BCUT2D eigenvalue weighted by Crippen LogP contribution is -1.98. The highest BCUT2D eigenvalue weighted by atomic mass is 79.9. The lowest BCUT2D eigenvalue weighted by atomic mass is 10.2. The normalized spacial score (nSPS) is 10.5. The lowest BCUT2D eigenvalue weighted by molar-refractivity contribution is 0.182. The molecular formula is C9H4Br2F2. The van der Waals surface area contributed by atoms with Crippen molar-refractivity contribution in [2.75, 3.05) is 0 Å². The van der Waals surface area contributed by atoms with Crippen LogP contribution in [0.1, 0.15) is 5.56 Å². The molecule has 1 aromatic carbocycles. The number of alkyl halides is 3. The molecule has 0 aliphatic carbocycles. The molecule has 0 aliphatic rings. The Balaban J connectivity index is 2.85. The molecule has 1 aromatic rings. The maximum Gasteiger partial charge on any atom is 0.363 e. The van der Waals surface area contributed by atoms with Crippen molar-refractivity contribution in [2.24, 2.45) is 0 Å². The molecule has 0 saturated heterocycles. The Morgan fingerprint density at radius 1 is 1.15 bits per heavy atom. The number of halogens is 4. The van der Waals surface area contributed by atoms with Gasteiger partial charge in [-0.1, -0.05) is 21.9 Å². The molecule has 0 atom stereocenters. The maximum atomic E-state index is 12.2. The summed E-state index contributed by atoms with van der Waals surface area (Å²) in [6, 6.07) is 6.82. The predicted octanol–water partition coefficient (Wildman–Crippen LogP) is 3.79. The SMILES string of the molecule is FC(F)(Br)C#Cc1ccc(Br)cc1. The van der Waals surface area contributed by atoms with Crippen molar-refractivity contribution in [1.29, 1.82) is 0 Å². The largest absolute Gasteiger partial charge is 0.363 e. The molecular weight excluding hydrogens is 306 g/mol. The van der Waals surface area contributed by atoms with E-state index in [0.29, 0.717) is 5.56 Å². The fourth-order valence-corrected chi connectivity index (χ4v) is 1.04. The first kappa shape index (κ1) is 10.7. The van der Waals surface area contributed by atoms with Crippen LogP contribution in [-0.4, -0.2) is 4.83 Å². The molecule has 0 heterocycles.